The number of ether oxygens (including phenoxy) is 1. The van der Waals surface area contributed by atoms with E-state index in [1.165, 1.54) is 10.9 Å². The lowest BCUT2D eigenvalue weighted by Gasteiger charge is -2.33. The quantitative estimate of drug-likeness (QED) is 0.553. The first-order chi connectivity index (χ1) is 16.9. The van der Waals surface area contributed by atoms with Crippen LogP contribution in [0.4, 0.5) is 0 Å². The van der Waals surface area contributed by atoms with Gasteiger partial charge in [0.05, 0.1) is 12.0 Å². The van der Waals surface area contributed by atoms with Crippen molar-refractivity contribution in [2.75, 3.05) is 26.7 Å². The maximum Gasteiger partial charge on any atom is 0.253 e. The highest BCUT2D eigenvalue weighted by Crippen LogP contribution is 2.35. The van der Waals surface area contributed by atoms with E-state index >= 15 is 0 Å². The first kappa shape index (κ1) is 23.9. The molecule has 2 aliphatic heterocycles. The highest BCUT2D eigenvalue weighted by atomic mass is 32.2. The van der Waals surface area contributed by atoms with Gasteiger partial charge in [-0.2, -0.15) is 4.31 Å². The van der Waals surface area contributed by atoms with E-state index < -0.39 is 10.0 Å². The summed E-state index contributed by atoms with van der Waals surface area (Å²) >= 11 is 0. The molecule has 1 unspecified atom stereocenters. The smallest absolute Gasteiger partial charge is 0.253 e. The molecule has 0 aliphatic carbocycles. The van der Waals surface area contributed by atoms with E-state index in [1.54, 1.807) is 35.7 Å². The molecule has 3 aromatic rings. The molecule has 0 radical (unpaired) electrons. The first-order valence-corrected chi connectivity index (χ1v) is 13.9. The summed E-state index contributed by atoms with van der Waals surface area (Å²) in [5.74, 6) is 1.17. The van der Waals surface area contributed by atoms with E-state index in [1.807, 2.05) is 24.0 Å². The van der Waals surface area contributed by atoms with Crippen molar-refractivity contribution in [3.05, 3.63) is 59.8 Å². The lowest BCUT2D eigenvalue weighted by molar-refractivity contribution is 0.0713. The Hall–Kier alpha value is -2.84. The van der Waals surface area contributed by atoms with Gasteiger partial charge in [0.2, 0.25) is 10.0 Å². The third-order valence-corrected chi connectivity index (χ3v) is 9.62. The van der Waals surface area contributed by atoms with Gasteiger partial charge in [-0.1, -0.05) is 6.42 Å². The van der Waals surface area contributed by atoms with E-state index in [4.69, 9.17) is 4.74 Å². The molecular weight excluding hydrogens is 462 g/mol. The number of piperidine rings is 2. The zero-order valence-electron chi connectivity index (χ0n) is 20.4. The molecule has 1 atom stereocenters. The topological polar surface area (TPSA) is 82.7 Å². The molecule has 1 aromatic heterocycles. The molecule has 0 bridgehead atoms. The third-order valence-electron chi connectivity index (χ3n) is 7.59. The van der Waals surface area contributed by atoms with Crippen LogP contribution < -0.4 is 4.74 Å². The van der Waals surface area contributed by atoms with Gasteiger partial charge in [0.25, 0.3) is 5.91 Å². The Morgan fingerprint density at radius 1 is 1.00 bits per heavy atom. The molecule has 2 saturated heterocycles. The monoisotopic (exact) mass is 495 g/mol. The number of amides is 1. The Bertz CT molecular complexity index is 1310. The van der Waals surface area contributed by atoms with Crippen LogP contribution in [-0.2, 0) is 10.0 Å². The number of aromatic nitrogens is 1. The van der Waals surface area contributed by atoms with Crippen molar-refractivity contribution in [1.29, 1.82) is 0 Å². The molecule has 1 amide bonds. The van der Waals surface area contributed by atoms with Gasteiger partial charge >= 0.3 is 0 Å². The van der Waals surface area contributed by atoms with Gasteiger partial charge < -0.3 is 14.6 Å². The Labute approximate surface area is 207 Å². The van der Waals surface area contributed by atoms with E-state index in [0.717, 1.165) is 43.4 Å². The van der Waals surface area contributed by atoms with Crippen molar-refractivity contribution in [2.45, 2.75) is 55.9 Å². The van der Waals surface area contributed by atoms with Crippen LogP contribution >= 0.6 is 0 Å². The van der Waals surface area contributed by atoms with Crippen LogP contribution in [0.2, 0.25) is 0 Å². The zero-order chi connectivity index (χ0) is 24.6. The number of carbonyl (C=O) groups excluding carboxylic acids is 1. The summed E-state index contributed by atoms with van der Waals surface area (Å²) in [6.07, 6.45) is 6.69. The van der Waals surface area contributed by atoms with Crippen LogP contribution in [0, 0.1) is 0 Å². The lowest BCUT2D eigenvalue weighted by atomic mass is 9.89. The highest BCUT2D eigenvalue weighted by molar-refractivity contribution is 7.89. The number of nitrogens with zero attached hydrogens (tertiary/aromatic N) is 2. The molecule has 0 saturated carbocycles. The molecular formula is C27H33N3O4S. The van der Waals surface area contributed by atoms with Crippen molar-refractivity contribution in [3.63, 3.8) is 0 Å². The molecule has 2 aromatic carbocycles. The maximum atomic E-state index is 13.1. The number of hydrogen-bond donors (Lipinski definition) is 1. The number of aromatic amines is 1. The summed E-state index contributed by atoms with van der Waals surface area (Å²) in [5, 5.41) is 1.17. The number of sulfonamides is 1. The molecule has 7 nitrogen and oxygen atoms in total. The number of fused-ring (bicyclic) bond motifs is 1. The Morgan fingerprint density at radius 3 is 2.43 bits per heavy atom. The van der Waals surface area contributed by atoms with E-state index in [0.29, 0.717) is 31.1 Å². The molecule has 2 fully saturated rings. The van der Waals surface area contributed by atoms with Crippen LogP contribution in [0.15, 0.2) is 53.6 Å². The summed E-state index contributed by atoms with van der Waals surface area (Å²) in [7, 11) is -1.86. The van der Waals surface area contributed by atoms with Crippen molar-refractivity contribution in [2.24, 2.45) is 0 Å². The van der Waals surface area contributed by atoms with E-state index in [9.17, 15) is 13.2 Å². The standard InChI is InChI=1S/C27H33N3O4S/c1-19-5-3-4-14-30(19)35(32,33)23-9-6-21(7-10-23)27(31)29-15-12-20(13-16-29)25-18-28-26-11-8-22(34-2)17-24(25)26/h6-11,17-20,28H,3-5,12-16H2,1-2H3. The van der Waals surface area contributed by atoms with Crippen molar-refractivity contribution < 1.29 is 17.9 Å². The predicted molar refractivity (Wildman–Crippen MR) is 136 cm³/mol. The summed E-state index contributed by atoms with van der Waals surface area (Å²) in [6.45, 7) is 3.87. The Kier molecular flexibility index (Phi) is 6.59. The highest BCUT2D eigenvalue weighted by Gasteiger charge is 2.31. The molecule has 5 rings (SSSR count). The van der Waals surface area contributed by atoms with E-state index in [2.05, 4.69) is 17.2 Å². The Balaban J connectivity index is 1.25. The van der Waals surface area contributed by atoms with Crippen LogP contribution in [0.25, 0.3) is 10.9 Å². The second kappa shape index (κ2) is 9.66. The van der Waals surface area contributed by atoms with Gasteiger partial charge in [0.15, 0.2) is 0 Å². The minimum atomic E-state index is -3.54. The number of methoxy groups -OCH3 is 1. The zero-order valence-corrected chi connectivity index (χ0v) is 21.2. The van der Waals surface area contributed by atoms with Gasteiger partial charge in [-0.3, -0.25) is 4.79 Å². The van der Waals surface area contributed by atoms with Crippen LogP contribution in [0.3, 0.4) is 0 Å². The first-order valence-electron chi connectivity index (χ1n) is 12.4. The minimum Gasteiger partial charge on any atom is -0.497 e. The number of nitrogens with one attached hydrogen (secondary N) is 1. The predicted octanol–water partition coefficient (Wildman–Crippen LogP) is 4.76. The van der Waals surface area contributed by atoms with Crippen LogP contribution in [0.5, 0.6) is 5.75 Å². The van der Waals surface area contributed by atoms with Gasteiger partial charge in [0.1, 0.15) is 5.75 Å². The number of rotatable bonds is 5. The normalized spacial score (nSPS) is 20.3. The van der Waals surface area contributed by atoms with Gasteiger partial charge in [-0.15, -0.1) is 0 Å². The average Bonchev–Trinajstić information content (AvgIpc) is 3.32. The second-order valence-corrected chi connectivity index (χ2v) is 11.6. The minimum absolute atomic E-state index is 0.00888. The van der Waals surface area contributed by atoms with Crippen LogP contribution in [-0.4, -0.2) is 61.3 Å². The fourth-order valence-electron chi connectivity index (χ4n) is 5.50. The number of benzene rings is 2. The van der Waals surface area contributed by atoms with Gasteiger partial charge in [0, 0.05) is 48.3 Å². The molecule has 1 N–H and O–H groups in total. The number of carbonyl (C=O) groups is 1. The van der Waals surface area contributed by atoms with Crippen molar-refractivity contribution in [1.82, 2.24) is 14.2 Å². The molecule has 0 spiro atoms. The van der Waals surface area contributed by atoms with Gasteiger partial charge in [-0.25, -0.2) is 8.42 Å². The molecule has 186 valence electrons. The molecule has 8 heteroatoms. The summed E-state index contributed by atoms with van der Waals surface area (Å²) in [5.41, 5.74) is 2.90. The second-order valence-electron chi connectivity index (χ2n) is 9.71. The fourth-order valence-corrected chi connectivity index (χ4v) is 7.20. The Morgan fingerprint density at radius 2 is 1.74 bits per heavy atom. The molecule has 35 heavy (non-hydrogen) atoms. The van der Waals surface area contributed by atoms with Crippen LogP contribution in [0.1, 0.15) is 60.9 Å². The summed E-state index contributed by atoms with van der Waals surface area (Å²) in [6, 6.07) is 12.5. The largest absolute Gasteiger partial charge is 0.497 e. The SMILES string of the molecule is COc1ccc2[nH]cc(C3CCN(C(=O)c4ccc(S(=O)(=O)N5CCCCC5C)cc4)CC3)c2c1. The van der Waals surface area contributed by atoms with E-state index in [-0.39, 0.29) is 16.8 Å². The molecule has 2 aliphatic rings. The summed E-state index contributed by atoms with van der Waals surface area (Å²) in [4.78, 5) is 18.6. The third kappa shape index (κ3) is 4.57. The lowest BCUT2D eigenvalue weighted by Crippen LogP contribution is -2.42. The fraction of sp³-hybridized carbons (Fsp3) is 0.444. The number of hydrogen-bond acceptors (Lipinski definition) is 4. The maximum absolute atomic E-state index is 13.1. The van der Waals surface area contributed by atoms with Crippen molar-refractivity contribution >= 4 is 26.8 Å². The van der Waals surface area contributed by atoms with Crippen molar-refractivity contribution in [3.8, 4) is 5.75 Å². The molecule has 3 heterocycles. The van der Waals surface area contributed by atoms with Gasteiger partial charge in [-0.05, 0) is 86.6 Å². The number of likely N-dealkylation sites (tertiary alicyclic amines) is 1. The average molecular weight is 496 g/mol. The summed E-state index contributed by atoms with van der Waals surface area (Å²) < 4.78 is 33.2. The number of H-pyrrole nitrogens is 1.